The van der Waals surface area contributed by atoms with Gasteiger partial charge in [-0.15, -0.1) is 0 Å². The van der Waals surface area contributed by atoms with Gasteiger partial charge >= 0.3 is 6.09 Å². The number of ketones is 1. The molecule has 6 nitrogen and oxygen atoms in total. The Kier molecular flexibility index (Phi) is 6.14. The van der Waals surface area contributed by atoms with Gasteiger partial charge in [0.25, 0.3) is 0 Å². The molecule has 1 fully saturated rings. The van der Waals surface area contributed by atoms with E-state index in [1.165, 1.54) is 11.8 Å². The Bertz CT molecular complexity index is 559. The number of carbonyl (C=O) groups is 3. The summed E-state index contributed by atoms with van der Waals surface area (Å²) < 4.78 is 5.31. The van der Waals surface area contributed by atoms with Crippen LogP contribution in [0.25, 0.3) is 0 Å². The van der Waals surface area contributed by atoms with Crippen molar-refractivity contribution in [1.29, 1.82) is 0 Å². The molecule has 2 rings (SSSR count). The first-order valence-electron chi connectivity index (χ1n) is 7.82. The van der Waals surface area contributed by atoms with E-state index < -0.39 is 12.1 Å². The number of piperidine rings is 1. The topological polar surface area (TPSA) is 75.7 Å². The van der Waals surface area contributed by atoms with E-state index in [2.05, 4.69) is 5.32 Å². The van der Waals surface area contributed by atoms with Crippen molar-refractivity contribution in [1.82, 2.24) is 10.2 Å². The first-order chi connectivity index (χ1) is 11.1. The number of carbonyl (C=O) groups excluding carboxylic acids is 3. The molecule has 0 saturated carbocycles. The Morgan fingerprint density at radius 1 is 1.22 bits per heavy atom. The molecule has 0 spiro atoms. The van der Waals surface area contributed by atoms with Gasteiger partial charge in [-0.2, -0.15) is 0 Å². The number of hydrogen-bond donors (Lipinski definition) is 1. The fourth-order valence-corrected chi connectivity index (χ4v) is 2.55. The number of benzene rings is 1. The lowest BCUT2D eigenvalue weighted by Gasteiger charge is -2.33. The molecule has 6 heteroatoms. The van der Waals surface area contributed by atoms with Crippen LogP contribution in [0.5, 0.6) is 0 Å². The van der Waals surface area contributed by atoms with Gasteiger partial charge in [-0.3, -0.25) is 14.5 Å². The van der Waals surface area contributed by atoms with Crippen molar-refractivity contribution in [2.45, 2.75) is 38.8 Å². The Morgan fingerprint density at radius 3 is 2.65 bits per heavy atom. The fourth-order valence-electron chi connectivity index (χ4n) is 2.55. The van der Waals surface area contributed by atoms with Crippen LogP contribution in [0.3, 0.4) is 0 Å². The molecule has 1 N–H and O–H groups in total. The lowest BCUT2D eigenvalue weighted by Crippen LogP contribution is -2.52. The molecule has 1 aliphatic rings. The van der Waals surface area contributed by atoms with Crippen LogP contribution in [-0.2, 0) is 20.9 Å². The van der Waals surface area contributed by atoms with Crippen LogP contribution < -0.4 is 5.32 Å². The molecule has 23 heavy (non-hydrogen) atoms. The molecule has 124 valence electrons. The lowest BCUT2D eigenvalue weighted by atomic mass is 10.0. The third kappa shape index (κ3) is 5.09. The molecule has 1 atom stereocenters. The molecule has 0 unspecified atom stereocenters. The summed E-state index contributed by atoms with van der Waals surface area (Å²) >= 11 is 0. The van der Waals surface area contributed by atoms with Crippen molar-refractivity contribution in [2.75, 3.05) is 13.1 Å². The van der Waals surface area contributed by atoms with Crippen LogP contribution in [0, 0.1) is 0 Å². The minimum absolute atomic E-state index is 0.0117. The summed E-state index contributed by atoms with van der Waals surface area (Å²) in [6.07, 6.45) is 1.82. The number of likely N-dealkylation sites (tertiary alicyclic amines) is 1. The van der Waals surface area contributed by atoms with Crippen LogP contribution in [-0.4, -0.2) is 41.8 Å². The van der Waals surface area contributed by atoms with E-state index in [1.54, 1.807) is 0 Å². The lowest BCUT2D eigenvalue weighted by molar-refractivity contribution is -0.129. The number of nitrogens with zero attached hydrogens (tertiary/aromatic N) is 1. The molecule has 0 bridgehead atoms. The monoisotopic (exact) mass is 318 g/mol. The largest absolute Gasteiger partial charge is 0.445 e. The highest BCUT2D eigenvalue weighted by atomic mass is 16.6. The second kappa shape index (κ2) is 8.31. The third-order valence-electron chi connectivity index (χ3n) is 3.76. The summed E-state index contributed by atoms with van der Waals surface area (Å²) in [5.41, 5.74) is 0.899. The predicted molar refractivity (Wildman–Crippen MR) is 84.7 cm³/mol. The maximum absolute atomic E-state index is 12.3. The van der Waals surface area contributed by atoms with Crippen LogP contribution >= 0.6 is 0 Å². The summed E-state index contributed by atoms with van der Waals surface area (Å²) in [6.45, 7) is 2.07. The maximum atomic E-state index is 12.3. The molecule has 2 amide bonds. The molecule has 1 aliphatic heterocycles. The summed E-state index contributed by atoms with van der Waals surface area (Å²) in [5, 5.41) is 2.57. The van der Waals surface area contributed by atoms with Gasteiger partial charge in [0.1, 0.15) is 18.4 Å². The molecule has 0 aliphatic carbocycles. The predicted octanol–water partition coefficient (Wildman–Crippen LogP) is 1.88. The Morgan fingerprint density at radius 2 is 1.96 bits per heavy atom. The number of hydrogen-bond acceptors (Lipinski definition) is 4. The summed E-state index contributed by atoms with van der Waals surface area (Å²) in [6, 6.07) is 8.84. The minimum Gasteiger partial charge on any atom is -0.445 e. The fraction of sp³-hybridized carbons (Fsp3) is 0.471. The number of amides is 2. The summed E-state index contributed by atoms with van der Waals surface area (Å²) in [5.74, 6) is -0.413. The zero-order valence-corrected chi connectivity index (χ0v) is 13.3. The molecule has 1 heterocycles. The molecule has 1 aromatic rings. The van der Waals surface area contributed by atoms with Gasteiger partial charge in [0.15, 0.2) is 0 Å². The number of nitrogens with one attached hydrogen (secondary N) is 1. The van der Waals surface area contributed by atoms with E-state index in [0.29, 0.717) is 13.0 Å². The number of ether oxygens (including phenoxy) is 1. The van der Waals surface area contributed by atoms with Gasteiger partial charge in [-0.25, -0.2) is 4.79 Å². The molecule has 1 saturated heterocycles. The van der Waals surface area contributed by atoms with Gasteiger partial charge in [-0.1, -0.05) is 30.3 Å². The highest BCUT2D eigenvalue weighted by Crippen LogP contribution is 2.18. The van der Waals surface area contributed by atoms with Crippen molar-refractivity contribution in [2.24, 2.45) is 0 Å². The quantitative estimate of drug-likeness (QED) is 0.899. The SMILES string of the molecule is CC(=O)CNC(=O)[C@@H]1CCCCN1C(=O)OCc1ccccc1. The highest BCUT2D eigenvalue weighted by Gasteiger charge is 2.33. The van der Waals surface area contributed by atoms with Crippen molar-refractivity contribution in [3.63, 3.8) is 0 Å². The normalized spacial score (nSPS) is 17.4. The van der Waals surface area contributed by atoms with E-state index in [1.807, 2.05) is 30.3 Å². The van der Waals surface area contributed by atoms with Crippen LogP contribution in [0.15, 0.2) is 30.3 Å². The van der Waals surface area contributed by atoms with Gasteiger partial charge in [0.2, 0.25) is 5.91 Å². The van der Waals surface area contributed by atoms with Crippen LogP contribution in [0.4, 0.5) is 4.79 Å². The zero-order valence-electron chi connectivity index (χ0n) is 13.3. The van der Waals surface area contributed by atoms with Gasteiger partial charge in [0, 0.05) is 6.54 Å². The Balaban J connectivity index is 1.92. The van der Waals surface area contributed by atoms with Gasteiger partial charge < -0.3 is 10.1 Å². The highest BCUT2D eigenvalue weighted by molar-refractivity contribution is 5.89. The zero-order chi connectivity index (χ0) is 16.7. The van der Waals surface area contributed by atoms with Crippen molar-refractivity contribution in [3.05, 3.63) is 35.9 Å². The molecular weight excluding hydrogens is 296 g/mol. The molecule has 0 radical (unpaired) electrons. The first-order valence-corrected chi connectivity index (χ1v) is 7.82. The van der Waals surface area contributed by atoms with Gasteiger partial charge in [0.05, 0.1) is 6.54 Å². The van der Waals surface area contributed by atoms with E-state index >= 15 is 0 Å². The summed E-state index contributed by atoms with van der Waals surface area (Å²) in [4.78, 5) is 36.9. The van der Waals surface area contributed by atoms with E-state index in [0.717, 1.165) is 18.4 Å². The number of rotatable bonds is 5. The Hall–Kier alpha value is -2.37. The standard InChI is InChI=1S/C17H22N2O4/c1-13(20)11-18-16(21)15-9-5-6-10-19(15)17(22)23-12-14-7-3-2-4-8-14/h2-4,7-8,15H,5-6,9-12H2,1H3,(H,18,21)/t15-/m0/s1. The molecule has 0 aromatic heterocycles. The second-order valence-corrected chi connectivity index (χ2v) is 5.66. The number of Topliss-reactive ketones (excluding diaryl/α,β-unsaturated/α-hetero) is 1. The second-order valence-electron chi connectivity index (χ2n) is 5.66. The summed E-state index contributed by atoms with van der Waals surface area (Å²) in [7, 11) is 0. The third-order valence-corrected chi connectivity index (χ3v) is 3.76. The average Bonchev–Trinajstić information content (AvgIpc) is 2.58. The van der Waals surface area contributed by atoms with E-state index in [9.17, 15) is 14.4 Å². The van der Waals surface area contributed by atoms with E-state index in [4.69, 9.17) is 4.74 Å². The minimum atomic E-state index is -0.564. The van der Waals surface area contributed by atoms with Crippen LogP contribution in [0.2, 0.25) is 0 Å². The first kappa shape index (κ1) is 17.0. The van der Waals surface area contributed by atoms with Crippen molar-refractivity contribution >= 4 is 17.8 Å². The van der Waals surface area contributed by atoms with Crippen LogP contribution in [0.1, 0.15) is 31.7 Å². The van der Waals surface area contributed by atoms with E-state index in [-0.39, 0.29) is 24.8 Å². The van der Waals surface area contributed by atoms with Crippen molar-refractivity contribution < 1.29 is 19.1 Å². The Labute approximate surface area is 135 Å². The molecule has 1 aromatic carbocycles. The van der Waals surface area contributed by atoms with Gasteiger partial charge in [-0.05, 0) is 31.7 Å². The maximum Gasteiger partial charge on any atom is 0.410 e. The molecular formula is C17H22N2O4. The van der Waals surface area contributed by atoms with Crippen molar-refractivity contribution in [3.8, 4) is 0 Å². The average molecular weight is 318 g/mol. The smallest absolute Gasteiger partial charge is 0.410 e.